The molecule has 0 aliphatic rings. The van der Waals surface area contributed by atoms with Crippen LogP contribution in [0.1, 0.15) is 5.56 Å². The number of fused-ring (bicyclic) bond motifs is 1. The molecule has 150 valence electrons. The summed E-state index contributed by atoms with van der Waals surface area (Å²) in [6.45, 7) is 0. The van der Waals surface area contributed by atoms with Crippen LogP contribution in [0.2, 0.25) is 0 Å². The van der Waals surface area contributed by atoms with E-state index in [0.717, 1.165) is 22.5 Å². The normalized spacial score (nSPS) is 11.8. The number of hydrogen-bond acceptors (Lipinski definition) is 5. The molecule has 0 aliphatic heterocycles. The second-order valence-corrected chi connectivity index (χ2v) is 7.94. The summed E-state index contributed by atoms with van der Waals surface area (Å²) in [7, 11) is 0. The van der Waals surface area contributed by atoms with Crippen LogP contribution in [0.15, 0.2) is 89.7 Å². The Balaban J connectivity index is 1.77. The fraction of sp³-hybridized carbons (Fsp3) is 0. The van der Waals surface area contributed by atoms with Gasteiger partial charge in [-0.1, -0.05) is 84.1 Å². The van der Waals surface area contributed by atoms with Crippen LogP contribution in [-0.2, 0) is 0 Å². The van der Waals surface area contributed by atoms with Gasteiger partial charge in [-0.2, -0.15) is 0 Å². The minimum Gasteiger partial charge on any atom is -0.267 e. The van der Waals surface area contributed by atoms with Crippen molar-refractivity contribution >= 4 is 28.1 Å². The van der Waals surface area contributed by atoms with Crippen molar-refractivity contribution in [2.45, 2.75) is 0 Å². The molecule has 3 aromatic carbocycles. The summed E-state index contributed by atoms with van der Waals surface area (Å²) in [5.74, 6) is 0. The molecular formula is C24H15N3O3S. The zero-order chi connectivity index (χ0) is 21.4. The molecule has 0 amide bonds. The van der Waals surface area contributed by atoms with Gasteiger partial charge in [0, 0.05) is 23.3 Å². The van der Waals surface area contributed by atoms with Crippen LogP contribution in [-0.4, -0.2) is 14.3 Å². The molecule has 0 N–H and O–H groups in total. The van der Waals surface area contributed by atoms with Gasteiger partial charge in [0.05, 0.1) is 20.8 Å². The van der Waals surface area contributed by atoms with Gasteiger partial charge < -0.3 is 0 Å². The largest absolute Gasteiger partial charge is 0.274 e. The first-order valence-electron chi connectivity index (χ1n) is 9.54. The summed E-state index contributed by atoms with van der Waals surface area (Å²) in [5, 5.41) is 11.1. The second-order valence-electron chi connectivity index (χ2n) is 6.93. The van der Waals surface area contributed by atoms with Crippen LogP contribution in [0.3, 0.4) is 0 Å². The van der Waals surface area contributed by atoms with Crippen molar-refractivity contribution in [2.24, 2.45) is 0 Å². The molecule has 2 aromatic heterocycles. The zero-order valence-electron chi connectivity index (χ0n) is 16.1. The Hall–Kier alpha value is -4.10. The average molecular weight is 425 g/mol. The molecule has 0 radical (unpaired) electrons. The summed E-state index contributed by atoms with van der Waals surface area (Å²) in [4.78, 5) is 29.3. The van der Waals surface area contributed by atoms with Gasteiger partial charge in [0.1, 0.15) is 0 Å². The predicted molar refractivity (Wildman–Crippen MR) is 122 cm³/mol. The fourth-order valence-corrected chi connectivity index (χ4v) is 4.51. The summed E-state index contributed by atoms with van der Waals surface area (Å²) in [5.41, 5.74) is 3.70. The van der Waals surface area contributed by atoms with Crippen LogP contribution in [0.4, 0.5) is 5.69 Å². The van der Waals surface area contributed by atoms with Crippen LogP contribution in [0.5, 0.6) is 0 Å². The summed E-state index contributed by atoms with van der Waals surface area (Å²) < 4.78 is 2.10. The first kappa shape index (κ1) is 18.9. The molecule has 0 aliphatic carbocycles. The molecule has 2 heterocycles. The lowest BCUT2D eigenvalue weighted by molar-refractivity contribution is -0.384. The summed E-state index contributed by atoms with van der Waals surface area (Å²) in [6, 6.07) is 25.7. The van der Waals surface area contributed by atoms with E-state index in [1.165, 1.54) is 23.5 Å². The quantitative estimate of drug-likeness (QED) is 0.313. The number of imidazole rings is 1. The highest BCUT2D eigenvalue weighted by Gasteiger charge is 2.19. The highest BCUT2D eigenvalue weighted by molar-refractivity contribution is 7.15. The Labute approximate surface area is 180 Å². The number of aromatic nitrogens is 2. The standard InChI is InChI=1S/C24H15N3O3S/c28-23-20(15-16-8-7-13-19(14-16)27(29)30)31-24-25-21(17-9-3-1-4-10-17)22(26(23)24)18-11-5-2-6-12-18/h1-15H/b20-15-. The van der Waals surface area contributed by atoms with E-state index in [4.69, 9.17) is 4.98 Å². The van der Waals surface area contributed by atoms with E-state index in [-0.39, 0.29) is 11.2 Å². The smallest absolute Gasteiger partial charge is 0.267 e. The Morgan fingerprint density at radius 2 is 1.58 bits per heavy atom. The lowest BCUT2D eigenvalue weighted by Gasteiger charge is -2.04. The number of nitro benzene ring substituents is 1. The third-order valence-electron chi connectivity index (χ3n) is 4.94. The van der Waals surface area contributed by atoms with E-state index < -0.39 is 4.92 Å². The van der Waals surface area contributed by atoms with E-state index in [0.29, 0.717) is 15.1 Å². The number of nitro groups is 1. The van der Waals surface area contributed by atoms with Crippen LogP contribution >= 0.6 is 11.3 Å². The SMILES string of the molecule is O=c1/c(=C/c2cccc([N+](=O)[O-])c2)sc2nc(-c3ccccc3)c(-c3ccccc3)n12. The van der Waals surface area contributed by atoms with E-state index in [9.17, 15) is 14.9 Å². The van der Waals surface area contributed by atoms with Gasteiger partial charge in [0.15, 0.2) is 4.96 Å². The van der Waals surface area contributed by atoms with Crippen molar-refractivity contribution < 1.29 is 4.92 Å². The highest BCUT2D eigenvalue weighted by Crippen LogP contribution is 2.32. The molecule has 0 fully saturated rings. The maximum atomic E-state index is 13.4. The van der Waals surface area contributed by atoms with Crippen molar-refractivity contribution in [3.8, 4) is 22.5 Å². The molecule has 7 heteroatoms. The molecule has 0 saturated heterocycles. The first-order valence-corrected chi connectivity index (χ1v) is 10.4. The van der Waals surface area contributed by atoms with Gasteiger partial charge >= 0.3 is 0 Å². The number of thiazole rings is 1. The lowest BCUT2D eigenvalue weighted by Crippen LogP contribution is -2.23. The van der Waals surface area contributed by atoms with Crippen LogP contribution in [0, 0.1) is 10.1 Å². The predicted octanol–water partition coefficient (Wildman–Crippen LogP) is 4.55. The lowest BCUT2D eigenvalue weighted by atomic mass is 10.1. The van der Waals surface area contributed by atoms with Gasteiger partial charge in [0.25, 0.3) is 11.2 Å². The number of benzene rings is 3. The van der Waals surface area contributed by atoms with Crippen LogP contribution in [0.25, 0.3) is 33.6 Å². The maximum Gasteiger partial charge on any atom is 0.274 e. The molecule has 31 heavy (non-hydrogen) atoms. The van der Waals surface area contributed by atoms with Gasteiger partial charge in [-0.15, -0.1) is 0 Å². The monoisotopic (exact) mass is 425 g/mol. The van der Waals surface area contributed by atoms with Crippen molar-refractivity contribution in [3.63, 3.8) is 0 Å². The van der Waals surface area contributed by atoms with Crippen molar-refractivity contribution in [1.29, 1.82) is 0 Å². The third kappa shape index (κ3) is 3.41. The Kier molecular flexibility index (Phi) is 4.65. The van der Waals surface area contributed by atoms with Crippen molar-refractivity contribution in [2.75, 3.05) is 0 Å². The first-order chi connectivity index (χ1) is 15.1. The molecule has 0 atom stereocenters. The summed E-state index contributed by atoms with van der Waals surface area (Å²) in [6.07, 6.45) is 1.67. The van der Waals surface area contributed by atoms with Crippen LogP contribution < -0.4 is 10.1 Å². The van der Waals surface area contributed by atoms with E-state index in [1.54, 1.807) is 22.6 Å². The zero-order valence-corrected chi connectivity index (χ0v) is 17.0. The maximum absolute atomic E-state index is 13.4. The Morgan fingerprint density at radius 1 is 0.903 bits per heavy atom. The van der Waals surface area contributed by atoms with Crippen molar-refractivity contribution in [1.82, 2.24) is 9.38 Å². The Bertz CT molecular complexity index is 1520. The van der Waals surface area contributed by atoms with E-state index >= 15 is 0 Å². The third-order valence-corrected chi connectivity index (χ3v) is 5.90. The fourth-order valence-electron chi connectivity index (χ4n) is 3.54. The van der Waals surface area contributed by atoms with Gasteiger partial charge in [0.2, 0.25) is 0 Å². The van der Waals surface area contributed by atoms with Gasteiger partial charge in [-0.25, -0.2) is 9.38 Å². The van der Waals surface area contributed by atoms with Gasteiger partial charge in [-0.05, 0) is 11.6 Å². The molecule has 6 nitrogen and oxygen atoms in total. The van der Waals surface area contributed by atoms with Gasteiger partial charge in [-0.3, -0.25) is 14.9 Å². The number of rotatable bonds is 4. The molecule has 0 unspecified atom stereocenters. The summed E-state index contributed by atoms with van der Waals surface area (Å²) >= 11 is 1.27. The van der Waals surface area contributed by atoms with E-state index in [1.807, 2.05) is 60.7 Å². The molecule has 5 aromatic rings. The minimum atomic E-state index is -0.448. The molecular weight excluding hydrogens is 410 g/mol. The molecule has 5 rings (SSSR count). The second kappa shape index (κ2) is 7.62. The average Bonchev–Trinajstić information content (AvgIpc) is 3.32. The topological polar surface area (TPSA) is 77.5 Å². The number of non-ortho nitro benzene ring substituents is 1. The minimum absolute atomic E-state index is 0.0149. The van der Waals surface area contributed by atoms with E-state index in [2.05, 4.69) is 0 Å². The molecule has 0 saturated carbocycles. The number of nitrogens with zero attached hydrogens (tertiary/aromatic N) is 3. The highest BCUT2D eigenvalue weighted by atomic mass is 32.1. The van der Waals surface area contributed by atoms with Crippen molar-refractivity contribution in [3.05, 3.63) is 115 Å². The Morgan fingerprint density at radius 3 is 2.26 bits per heavy atom. The molecule has 0 spiro atoms. The molecule has 0 bridgehead atoms. The number of hydrogen-bond donors (Lipinski definition) is 0.